The summed E-state index contributed by atoms with van der Waals surface area (Å²) in [6.07, 6.45) is 4.99. The number of rotatable bonds is 7. The molecule has 1 aromatic heterocycles. The molecule has 0 fully saturated rings. The fourth-order valence-electron chi connectivity index (χ4n) is 2.06. The largest absolute Gasteiger partial charge is 0.501 e. The van der Waals surface area contributed by atoms with Crippen LogP contribution in [0.4, 0.5) is 0 Å². The number of hydrogen-bond acceptors (Lipinski definition) is 8. The van der Waals surface area contributed by atoms with Crippen LogP contribution in [0.5, 0.6) is 0 Å². The minimum Gasteiger partial charge on any atom is -0.501 e. The molecule has 1 aliphatic heterocycles. The van der Waals surface area contributed by atoms with Crippen molar-refractivity contribution in [1.29, 1.82) is 0 Å². The second-order valence-corrected chi connectivity index (χ2v) is 5.19. The molecule has 2 rings (SSSR count). The van der Waals surface area contributed by atoms with Crippen LogP contribution in [0.3, 0.4) is 0 Å². The SMILES string of the molecule is NC(=O)C(=O)[C@@H](N)CCCc1nnc(C2(N)C=COCC2)o1. The van der Waals surface area contributed by atoms with Crippen LogP contribution in [0.1, 0.15) is 31.0 Å². The van der Waals surface area contributed by atoms with Crippen molar-refractivity contribution >= 4 is 11.7 Å². The van der Waals surface area contributed by atoms with Crippen LogP contribution in [0, 0.1) is 0 Å². The quantitative estimate of drug-likeness (QED) is 0.533. The lowest BCUT2D eigenvalue weighted by Gasteiger charge is -2.24. The van der Waals surface area contributed by atoms with E-state index in [2.05, 4.69) is 10.2 Å². The monoisotopic (exact) mass is 309 g/mol. The Bertz CT molecular complexity index is 585. The van der Waals surface area contributed by atoms with Gasteiger partial charge in [0.25, 0.3) is 5.91 Å². The first-order valence-corrected chi connectivity index (χ1v) is 6.92. The van der Waals surface area contributed by atoms with Crippen molar-refractivity contribution in [1.82, 2.24) is 10.2 Å². The number of nitrogens with zero attached hydrogens (tertiary/aromatic N) is 2. The van der Waals surface area contributed by atoms with E-state index in [1.54, 1.807) is 6.08 Å². The smallest absolute Gasteiger partial charge is 0.286 e. The molecule has 9 nitrogen and oxygen atoms in total. The van der Waals surface area contributed by atoms with Gasteiger partial charge in [-0.25, -0.2) is 0 Å². The predicted octanol–water partition coefficient (Wildman–Crippen LogP) is -1.14. The third-order valence-corrected chi connectivity index (χ3v) is 3.45. The Balaban J connectivity index is 1.88. The molecule has 0 saturated heterocycles. The molecule has 0 radical (unpaired) electrons. The van der Waals surface area contributed by atoms with Crippen LogP contribution in [0.2, 0.25) is 0 Å². The molecule has 2 atom stereocenters. The highest BCUT2D eigenvalue weighted by Crippen LogP contribution is 2.25. The molecule has 0 aromatic carbocycles. The standard InChI is InChI=1S/C13H19N5O4/c14-8(10(19)11(15)20)2-1-3-9-17-18-12(22-9)13(16)4-6-21-7-5-13/h4,6,8H,1-3,5,7,14,16H2,(H2,15,20)/t8-,13?/m0/s1. The summed E-state index contributed by atoms with van der Waals surface area (Å²) in [5.74, 6) is -1.08. The third-order valence-electron chi connectivity index (χ3n) is 3.45. The molecular weight excluding hydrogens is 290 g/mol. The van der Waals surface area contributed by atoms with Gasteiger partial charge in [0.1, 0.15) is 5.54 Å². The van der Waals surface area contributed by atoms with E-state index in [0.717, 1.165) is 0 Å². The zero-order valence-corrected chi connectivity index (χ0v) is 12.0. The first-order chi connectivity index (χ1) is 10.4. The number of carbonyl (C=O) groups excluding carboxylic acids is 2. The van der Waals surface area contributed by atoms with Gasteiger partial charge in [-0.15, -0.1) is 10.2 Å². The summed E-state index contributed by atoms with van der Waals surface area (Å²) in [4.78, 5) is 22.0. The van der Waals surface area contributed by atoms with Gasteiger partial charge in [0.05, 0.1) is 18.9 Å². The van der Waals surface area contributed by atoms with Crippen LogP contribution in [-0.2, 0) is 26.3 Å². The normalized spacial score (nSPS) is 22.1. The summed E-state index contributed by atoms with van der Waals surface area (Å²) in [5.41, 5.74) is 15.8. The van der Waals surface area contributed by atoms with Crippen molar-refractivity contribution in [3.05, 3.63) is 24.1 Å². The molecule has 1 amide bonds. The number of Topliss-reactive ketones (excluding diaryl/α,β-unsaturated/α-hetero) is 1. The van der Waals surface area contributed by atoms with Gasteiger partial charge in [0.15, 0.2) is 0 Å². The molecule has 9 heteroatoms. The van der Waals surface area contributed by atoms with Crippen molar-refractivity contribution in [2.24, 2.45) is 17.2 Å². The number of carbonyl (C=O) groups is 2. The molecule has 6 N–H and O–H groups in total. The van der Waals surface area contributed by atoms with Crippen molar-refractivity contribution in [3.8, 4) is 0 Å². The van der Waals surface area contributed by atoms with Gasteiger partial charge in [0, 0.05) is 12.8 Å². The van der Waals surface area contributed by atoms with Crippen molar-refractivity contribution in [2.45, 2.75) is 37.3 Å². The number of ketones is 1. The Labute approximate surface area is 126 Å². The van der Waals surface area contributed by atoms with E-state index in [1.807, 2.05) is 0 Å². The molecule has 2 heterocycles. The average molecular weight is 309 g/mol. The summed E-state index contributed by atoms with van der Waals surface area (Å²) in [6.45, 7) is 0.481. The second kappa shape index (κ2) is 6.67. The summed E-state index contributed by atoms with van der Waals surface area (Å²) < 4.78 is 10.6. The van der Waals surface area contributed by atoms with Gasteiger partial charge in [-0.2, -0.15) is 0 Å². The van der Waals surface area contributed by atoms with E-state index >= 15 is 0 Å². The summed E-state index contributed by atoms with van der Waals surface area (Å²) in [7, 11) is 0. The minimum absolute atomic E-state index is 0.307. The molecule has 1 aliphatic rings. The number of aromatic nitrogens is 2. The fourth-order valence-corrected chi connectivity index (χ4v) is 2.06. The van der Waals surface area contributed by atoms with Gasteiger partial charge in [0.2, 0.25) is 17.6 Å². The fraction of sp³-hybridized carbons (Fsp3) is 0.538. The van der Waals surface area contributed by atoms with E-state index in [1.165, 1.54) is 6.26 Å². The summed E-state index contributed by atoms with van der Waals surface area (Å²) in [5, 5.41) is 7.88. The Morgan fingerprint density at radius 1 is 1.41 bits per heavy atom. The van der Waals surface area contributed by atoms with Crippen LogP contribution in [0.25, 0.3) is 0 Å². The first kappa shape index (κ1) is 16.1. The van der Waals surface area contributed by atoms with Gasteiger partial charge >= 0.3 is 0 Å². The lowest BCUT2D eigenvalue weighted by atomic mass is 9.96. The Morgan fingerprint density at radius 2 is 2.18 bits per heavy atom. The number of hydrogen-bond donors (Lipinski definition) is 3. The Kier molecular flexibility index (Phi) is 4.88. The van der Waals surface area contributed by atoms with Crippen LogP contribution < -0.4 is 17.2 Å². The lowest BCUT2D eigenvalue weighted by molar-refractivity contribution is -0.136. The number of ether oxygens (including phenoxy) is 1. The molecule has 0 spiro atoms. The zero-order valence-electron chi connectivity index (χ0n) is 12.0. The van der Waals surface area contributed by atoms with Crippen LogP contribution in [0.15, 0.2) is 16.8 Å². The van der Waals surface area contributed by atoms with E-state index in [0.29, 0.717) is 44.1 Å². The maximum absolute atomic E-state index is 11.3. The van der Waals surface area contributed by atoms with E-state index < -0.39 is 23.3 Å². The molecule has 0 aliphatic carbocycles. The summed E-state index contributed by atoms with van der Waals surface area (Å²) >= 11 is 0. The van der Waals surface area contributed by atoms with Crippen molar-refractivity contribution in [2.75, 3.05) is 6.61 Å². The maximum atomic E-state index is 11.3. The van der Waals surface area contributed by atoms with E-state index in [-0.39, 0.29) is 0 Å². The topological polar surface area (TPSA) is 160 Å². The first-order valence-electron chi connectivity index (χ1n) is 6.92. The second-order valence-electron chi connectivity index (χ2n) is 5.19. The van der Waals surface area contributed by atoms with Gasteiger partial charge < -0.3 is 26.4 Å². The lowest BCUT2D eigenvalue weighted by Crippen LogP contribution is -2.39. The van der Waals surface area contributed by atoms with Crippen molar-refractivity contribution < 1.29 is 18.7 Å². The molecule has 0 bridgehead atoms. The highest BCUT2D eigenvalue weighted by molar-refractivity contribution is 6.37. The molecule has 22 heavy (non-hydrogen) atoms. The number of amides is 1. The number of aryl methyl sites for hydroxylation is 1. The zero-order chi connectivity index (χ0) is 16.2. The van der Waals surface area contributed by atoms with Crippen molar-refractivity contribution in [3.63, 3.8) is 0 Å². The third kappa shape index (κ3) is 3.68. The minimum atomic E-state index is -1.02. The number of nitrogens with two attached hydrogens (primary N) is 3. The van der Waals surface area contributed by atoms with Gasteiger partial charge in [-0.3, -0.25) is 9.59 Å². The van der Waals surface area contributed by atoms with Crippen LogP contribution in [-0.4, -0.2) is 34.5 Å². The highest BCUT2D eigenvalue weighted by Gasteiger charge is 2.32. The molecule has 0 saturated carbocycles. The summed E-state index contributed by atoms with van der Waals surface area (Å²) in [6, 6.07) is -0.904. The molecule has 1 unspecified atom stereocenters. The molecule has 1 aromatic rings. The average Bonchev–Trinajstić information content (AvgIpc) is 2.96. The van der Waals surface area contributed by atoms with E-state index in [9.17, 15) is 9.59 Å². The molecular formula is C13H19N5O4. The maximum Gasteiger partial charge on any atom is 0.286 e. The van der Waals surface area contributed by atoms with Gasteiger partial charge in [-0.1, -0.05) is 0 Å². The Hall–Kier alpha value is -2.26. The number of primary amides is 1. The highest BCUT2D eigenvalue weighted by atomic mass is 16.5. The Morgan fingerprint density at radius 3 is 2.82 bits per heavy atom. The van der Waals surface area contributed by atoms with Gasteiger partial charge in [-0.05, 0) is 18.9 Å². The van der Waals surface area contributed by atoms with E-state index in [4.69, 9.17) is 26.4 Å². The predicted molar refractivity (Wildman–Crippen MR) is 75.0 cm³/mol. The van der Waals surface area contributed by atoms with Crippen LogP contribution >= 0.6 is 0 Å². The molecule has 120 valence electrons.